The van der Waals surface area contributed by atoms with Crippen LogP contribution in [0.15, 0.2) is 66.2 Å². The van der Waals surface area contributed by atoms with Gasteiger partial charge in [0.25, 0.3) is 0 Å². The number of nitrogens with zero attached hydrogens (tertiary/aromatic N) is 1. The Morgan fingerprint density at radius 2 is 1.44 bits per heavy atom. The molecular weight excluding hydrogens is 370 g/mol. The molecule has 1 unspecified atom stereocenters. The zero-order chi connectivity index (χ0) is 17.5. The molecule has 0 aliphatic carbocycles. The van der Waals surface area contributed by atoms with E-state index in [-0.39, 0.29) is 0 Å². The fourth-order valence-electron chi connectivity index (χ4n) is 4.25. The van der Waals surface area contributed by atoms with Crippen LogP contribution in [-0.2, 0) is 0 Å². The zero-order valence-corrected chi connectivity index (χ0v) is 16.7. The van der Waals surface area contributed by atoms with Gasteiger partial charge in [-0.05, 0) is 60.3 Å². The topological polar surface area (TPSA) is 3.24 Å². The standard InChI is InChI=1S/C22H25N.CH3Br/c1-3-9-18(10-4-1)22(19-11-5-2-6-12-19)20-14-15-21-13-7-8-16-23(21)17-20;1-2/h1-6,9-12,21H,7-8,13-17H2;1H3. The first-order valence-electron chi connectivity index (χ1n) is 9.36. The van der Waals surface area contributed by atoms with Gasteiger partial charge in [-0.25, -0.2) is 0 Å². The van der Waals surface area contributed by atoms with Crippen molar-refractivity contribution in [3.8, 4) is 0 Å². The van der Waals surface area contributed by atoms with Gasteiger partial charge in [-0.1, -0.05) is 83.0 Å². The monoisotopic (exact) mass is 397 g/mol. The molecule has 2 heteroatoms. The van der Waals surface area contributed by atoms with E-state index in [1.807, 2.05) is 5.83 Å². The van der Waals surface area contributed by atoms with Gasteiger partial charge in [-0.3, -0.25) is 4.90 Å². The Morgan fingerprint density at radius 1 is 0.840 bits per heavy atom. The molecule has 0 amide bonds. The molecule has 2 aromatic rings. The quantitative estimate of drug-likeness (QED) is 0.549. The fourth-order valence-corrected chi connectivity index (χ4v) is 4.25. The van der Waals surface area contributed by atoms with E-state index in [9.17, 15) is 0 Å². The van der Waals surface area contributed by atoms with E-state index in [4.69, 9.17) is 0 Å². The molecule has 0 spiro atoms. The average molecular weight is 398 g/mol. The van der Waals surface area contributed by atoms with E-state index in [1.165, 1.54) is 55.3 Å². The van der Waals surface area contributed by atoms with Gasteiger partial charge in [0, 0.05) is 12.6 Å². The van der Waals surface area contributed by atoms with E-state index in [0.29, 0.717) is 0 Å². The van der Waals surface area contributed by atoms with Crippen molar-refractivity contribution in [3.05, 3.63) is 77.4 Å². The van der Waals surface area contributed by atoms with Crippen molar-refractivity contribution in [2.75, 3.05) is 18.9 Å². The first kappa shape index (κ1) is 18.4. The lowest BCUT2D eigenvalue weighted by atomic mass is 9.85. The fraction of sp³-hybridized carbons (Fsp3) is 0.391. The molecular formula is C23H28BrN. The van der Waals surface area contributed by atoms with Gasteiger partial charge in [-0.15, -0.1) is 0 Å². The van der Waals surface area contributed by atoms with Crippen molar-refractivity contribution < 1.29 is 0 Å². The highest BCUT2D eigenvalue weighted by molar-refractivity contribution is 9.08. The van der Waals surface area contributed by atoms with Gasteiger partial charge in [0.1, 0.15) is 0 Å². The van der Waals surface area contributed by atoms with E-state index >= 15 is 0 Å². The van der Waals surface area contributed by atoms with Crippen molar-refractivity contribution in [2.45, 2.75) is 38.1 Å². The normalized spacial score (nSPS) is 20.2. The minimum absolute atomic E-state index is 0.834. The summed E-state index contributed by atoms with van der Waals surface area (Å²) in [6.07, 6.45) is 6.78. The Morgan fingerprint density at radius 3 is 2.04 bits per heavy atom. The highest BCUT2D eigenvalue weighted by Gasteiger charge is 2.28. The molecule has 2 aliphatic rings. The second-order valence-corrected chi connectivity index (χ2v) is 6.87. The molecule has 4 rings (SSSR count). The molecule has 2 fully saturated rings. The zero-order valence-electron chi connectivity index (χ0n) is 15.1. The molecule has 0 bridgehead atoms. The largest absolute Gasteiger partial charge is 0.296 e. The minimum atomic E-state index is 0.834. The molecule has 25 heavy (non-hydrogen) atoms. The number of benzene rings is 2. The van der Waals surface area contributed by atoms with E-state index in [0.717, 1.165) is 12.6 Å². The predicted octanol–water partition coefficient (Wildman–Crippen LogP) is 6.15. The Bertz CT molecular complexity index is 636. The third-order valence-corrected chi connectivity index (χ3v) is 5.40. The van der Waals surface area contributed by atoms with Gasteiger partial charge in [0.05, 0.1) is 0 Å². The van der Waals surface area contributed by atoms with Crippen molar-refractivity contribution in [1.29, 1.82) is 0 Å². The molecule has 2 aliphatic heterocycles. The Labute approximate surface area is 160 Å². The maximum Gasteiger partial charge on any atom is 0.0205 e. The minimum Gasteiger partial charge on any atom is -0.296 e. The number of fused-ring (bicyclic) bond motifs is 1. The van der Waals surface area contributed by atoms with Crippen LogP contribution in [0.1, 0.15) is 43.2 Å². The van der Waals surface area contributed by atoms with Gasteiger partial charge in [-0.2, -0.15) is 0 Å². The number of alkyl halides is 1. The Kier molecular flexibility index (Phi) is 6.89. The number of hydrogen-bond acceptors (Lipinski definition) is 1. The SMILES string of the molecule is CBr.c1ccc(C(=C2CCC3CCCCN3C2)c2ccccc2)cc1. The maximum absolute atomic E-state index is 2.94. The molecule has 1 atom stereocenters. The molecule has 1 nitrogen and oxygen atoms in total. The summed E-state index contributed by atoms with van der Waals surface area (Å²) >= 11 is 2.94. The molecule has 2 aromatic carbocycles. The van der Waals surface area contributed by atoms with Crippen LogP contribution >= 0.6 is 15.9 Å². The summed E-state index contributed by atoms with van der Waals surface area (Å²) < 4.78 is 0. The van der Waals surface area contributed by atoms with Crippen LogP contribution in [0.5, 0.6) is 0 Å². The summed E-state index contributed by atoms with van der Waals surface area (Å²) in [4.78, 5) is 2.73. The van der Waals surface area contributed by atoms with Crippen LogP contribution < -0.4 is 0 Å². The predicted molar refractivity (Wildman–Crippen MR) is 112 cm³/mol. The summed E-state index contributed by atoms with van der Waals surface area (Å²) in [5.41, 5.74) is 5.82. The van der Waals surface area contributed by atoms with Crippen LogP contribution in [0.4, 0.5) is 0 Å². The Hall–Kier alpha value is -1.38. The van der Waals surface area contributed by atoms with Crippen molar-refractivity contribution in [2.24, 2.45) is 0 Å². The molecule has 2 saturated heterocycles. The van der Waals surface area contributed by atoms with Gasteiger partial charge in [0.2, 0.25) is 0 Å². The number of halogens is 1. The first-order chi connectivity index (χ1) is 12.4. The van der Waals surface area contributed by atoms with Crippen molar-refractivity contribution in [1.82, 2.24) is 4.90 Å². The third-order valence-electron chi connectivity index (χ3n) is 5.40. The second kappa shape index (κ2) is 9.35. The lowest BCUT2D eigenvalue weighted by Gasteiger charge is -2.41. The molecule has 0 saturated carbocycles. The molecule has 0 aromatic heterocycles. The van der Waals surface area contributed by atoms with Crippen molar-refractivity contribution in [3.63, 3.8) is 0 Å². The van der Waals surface area contributed by atoms with Crippen LogP contribution in [-0.4, -0.2) is 29.9 Å². The lowest BCUT2D eigenvalue weighted by Crippen LogP contribution is -2.43. The van der Waals surface area contributed by atoms with Gasteiger partial charge < -0.3 is 0 Å². The van der Waals surface area contributed by atoms with Crippen molar-refractivity contribution >= 4 is 21.5 Å². The molecule has 132 valence electrons. The smallest absolute Gasteiger partial charge is 0.0205 e. The number of piperidine rings is 2. The number of hydrogen-bond donors (Lipinski definition) is 0. The first-order valence-corrected chi connectivity index (χ1v) is 10.9. The third kappa shape index (κ3) is 4.43. The van der Waals surface area contributed by atoms with Crippen LogP contribution in [0.3, 0.4) is 0 Å². The summed E-state index contributed by atoms with van der Waals surface area (Å²) in [6.45, 7) is 2.44. The number of rotatable bonds is 2. The maximum atomic E-state index is 2.94. The summed E-state index contributed by atoms with van der Waals surface area (Å²) in [5.74, 6) is 1.81. The van der Waals surface area contributed by atoms with Gasteiger partial charge in [0.15, 0.2) is 0 Å². The van der Waals surface area contributed by atoms with E-state index < -0.39 is 0 Å². The van der Waals surface area contributed by atoms with E-state index in [1.54, 1.807) is 5.57 Å². The lowest BCUT2D eigenvalue weighted by molar-refractivity contribution is 0.133. The molecule has 2 heterocycles. The highest BCUT2D eigenvalue weighted by Crippen LogP contribution is 2.35. The average Bonchev–Trinajstić information content (AvgIpc) is 2.71. The van der Waals surface area contributed by atoms with Crippen LogP contribution in [0.25, 0.3) is 5.57 Å². The highest BCUT2D eigenvalue weighted by atomic mass is 79.9. The van der Waals surface area contributed by atoms with E-state index in [2.05, 4.69) is 81.5 Å². The molecule has 0 N–H and O–H groups in total. The molecule has 0 radical (unpaired) electrons. The van der Waals surface area contributed by atoms with Gasteiger partial charge >= 0.3 is 0 Å². The summed E-state index contributed by atoms with van der Waals surface area (Å²) in [5, 5.41) is 0. The summed E-state index contributed by atoms with van der Waals surface area (Å²) in [6, 6.07) is 22.7. The van der Waals surface area contributed by atoms with Crippen LogP contribution in [0.2, 0.25) is 0 Å². The van der Waals surface area contributed by atoms with Crippen LogP contribution in [0, 0.1) is 0 Å². The second-order valence-electron chi connectivity index (χ2n) is 6.87. The Balaban J connectivity index is 0.000000880. The summed E-state index contributed by atoms with van der Waals surface area (Å²) in [7, 11) is 0.